The fraction of sp³-hybridized carbons (Fsp3) is 0.0182. The van der Waals surface area contributed by atoms with Crippen molar-refractivity contribution in [2.45, 2.75) is 6.42 Å². The summed E-state index contributed by atoms with van der Waals surface area (Å²) < 4.78 is 0. The van der Waals surface area contributed by atoms with Crippen LogP contribution in [0, 0.1) is 0 Å². The zero-order valence-corrected chi connectivity index (χ0v) is 43.3. The highest BCUT2D eigenvalue weighted by Gasteiger charge is 2.30. The van der Waals surface area contributed by atoms with Gasteiger partial charge in [-0.05, 0) is 127 Å². The summed E-state index contributed by atoms with van der Waals surface area (Å²) in [5.41, 5.74) is 10.6. The van der Waals surface area contributed by atoms with Crippen LogP contribution in [0.1, 0.15) is 33.5 Å². The maximum Gasteiger partial charge on any atom is 0.0739 e. The van der Waals surface area contributed by atoms with Crippen LogP contribution in [0.25, 0.3) is 22.3 Å². The van der Waals surface area contributed by atoms with Gasteiger partial charge < -0.3 is 4.98 Å². The average Bonchev–Trinajstić information content (AvgIpc) is 4.20. The first kappa shape index (κ1) is 48.5. The second-order valence-electron chi connectivity index (χ2n) is 15.8. The van der Waals surface area contributed by atoms with Crippen molar-refractivity contribution in [3.63, 3.8) is 0 Å². The van der Waals surface area contributed by atoms with Gasteiger partial charge in [0.15, 0.2) is 0 Å². The Hall–Kier alpha value is -5.12. The molecule has 0 atom stereocenters. The third-order valence-corrected chi connectivity index (χ3v) is 14.8. The number of H-pyrrole nitrogens is 1. The molecule has 1 N–H and O–H groups in total. The molecule has 10 rings (SSSR count). The van der Waals surface area contributed by atoms with E-state index in [2.05, 4.69) is 4.98 Å². The summed E-state index contributed by atoms with van der Waals surface area (Å²) in [4.78, 5) is 24.1. The van der Waals surface area contributed by atoms with Crippen LogP contribution in [0.3, 0.4) is 0 Å². The molecule has 5 nitrogen and oxygen atoms in total. The van der Waals surface area contributed by atoms with Crippen molar-refractivity contribution in [1.29, 1.82) is 0 Å². The van der Waals surface area contributed by atoms with E-state index in [1.165, 1.54) is 0 Å². The number of rotatable bonds is 10. The Morgan fingerprint density at radius 3 is 1.00 bits per heavy atom. The van der Waals surface area contributed by atoms with E-state index in [0.717, 1.165) is 17.0 Å². The van der Waals surface area contributed by atoms with Crippen molar-refractivity contribution in [2.75, 3.05) is 0 Å². The zero-order valence-electron chi connectivity index (χ0n) is 35.8. The highest BCUT2D eigenvalue weighted by atomic mass is 35.5. The average molecular weight is 1110 g/mol. The van der Waals surface area contributed by atoms with E-state index < -0.39 is 0 Å². The number of aromatic amines is 1. The highest BCUT2D eigenvalue weighted by Crippen LogP contribution is 2.45. The van der Waals surface area contributed by atoms with Crippen LogP contribution in [-0.4, -0.2) is 27.8 Å². The van der Waals surface area contributed by atoms with E-state index in [4.69, 9.17) is 136 Å². The third kappa shape index (κ3) is 9.42. The van der Waals surface area contributed by atoms with E-state index >= 15 is 0 Å². The van der Waals surface area contributed by atoms with Crippen LogP contribution in [0.5, 0.6) is 0 Å². The standard InChI is InChI=1S/C55H29Cl10N5/c56-30-7-1-8-31(57)29(30)27-28-18-19-41(67-28)53(49-34(60)11-3-12-35(49)61)43-22-23-45(69-43)55(51-38(64)15-5-16-39(51)65)47-25-24-46(70-47)54(50-36(62)13-4-14-37(50)63)44-21-20-42(68-44)52(40-17-6-26-66-40)48-32(58)9-2-10-33(48)59/h1-26,66H,27H2/b52-42-,53-41-,54-46-,55-45-. The maximum atomic E-state index is 7.06. The van der Waals surface area contributed by atoms with Crippen LogP contribution in [0.2, 0.25) is 50.2 Å². The molecular weight excluding hydrogens is 1090 g/mol. The largest absolute Gasteiger partial charge is 0.361 e. The first-order valence-electron chi connectivity index (χ1n) is 21.2. The third-order valence-electron chi connectivity index (χ3n) is 11.5. The molecule has 5 heterocycles. The van der Waals surface area contributed by atoms with Gasteiger partial charge in [0.05, 0.1) is 80.1 Å². The van der Waals surface area contributed by atoms with Crippen molar-refractivity contribution < 1.29 is 0 Å². The first-order chi connectivity index (χ1) is 33.9. The number of halogens is 10. The fourth-order valence-corrected chi connectivity index (χ4v) is 11.3. The molecule has 15 heteroatoms. The number of hydrogen-bond donors (Lipinski definition) is 1. The quantitative estimate of drug-likeness (QED) is 0.142. The Kier molecular flexibility index (Phi) is 14.2. The molecule has 0 saturated carbocycles. The topological polar surface area (TPSA) is 65.2 Å². The molecule has 5 aromatic carbocycles. The molecular formula is C55H29Cl10N5. The lowest BCUT2D eigenvalue weighted by molar-refractivity contribution is 1.31. The van der Waals surface area contributed by atoms with Crippen LogP contribution in [0.15, 0.2) is 201 Å². The molecule has 4 aliphatic rings. The Balaban J connectivity index is 1.17. The summed E-state index contributed by atoms with van der Waals surface area (Å²) in [5.74, 6) is 0. The van der Waals surface area contributed by atoms with E-state index in [0.29, 0.717) is 141 Å². The van der Waals surface area contributed by atoms with E-state index in [1.807, 2.05) is 66.9 Å². The van der Waals surface area contributed by atoms with Crippen molar-refractivity contribution in [3.8, 4) is 0 Å². The number of aliphatic imine (C=N–C) groups is 4. The van der Waals surface area contributed by atoms with E-state index in [1.54, 1.807) is 91.0 Å². The zero-order chi connectivity index (χ0) is 48.8. The SMILES string of the molecule is Clc1cccc(Cl)c1CC1=N/C(=C(C2=N/C(=C(C3=N/C(=C(C4=N/C(=C(/c5ccc[nH]5)c5c(Cl)cccc5Cl)C=C4)\c4c(Cl)cccc4Cl)C=C3)\c3c(Cl)cccc3Cl)C=C2)\c2c(Cl)cccc2Cl)C=C1. The van der Waals surface area contributed by atoms with Gasteiger partial charge in [-0.2, -0.15) is 0 Å². The Morgan fingerprint density at radius 1 is 0.329 bits per heavy atom. The minimum Gasteiger partial charge on any atom is -0.361 e. The van der Waals surface area contributed by atoms with Crippen molar-refractivity contribution in [3.05, 3.63) is 264 Å². The van der Waals surface area contributed by atoms with Gasteiger partial charge in [-0.1, -0.05) is 146 Å². The van der Waals surface area contributed by atoms with Crippen molar-refractivity contribution >= 4 is 161 Å². The smallest absolute Gasteiger partial charge is 0.0739 e. The minimum absolute atomic E-state index is 0.377. The van der Waals surface area contributed by atoms with Gasteiger partial charge in [0.25, 0.3) is 0 Å². The lowest BCUT2D eigenvalue weighted by Crippen LogP contribution is -2.04. The van der Waals surface area contributed by atoms with Gasteiger partial charge >= 0.3 is 0 Å². The first-order valence-corrected chi connectivity index (χ1v) is 25.0. The molecule has 0 amide bonds. The monoisotopic (exact) mass is 1110 g/mol. The minimum atomic E-state index is 0.377. The predicted octanol–water partition coefficient (Wildman–Crippen LogP) is 18.8. The molecule has 4 aliphatic heterocycles. The van der Waals surface area contributed by atoms with Crippen molar-refractivity contribution in [2.24, 2.45) is 20.0 Å². The highest BCUT2D eigenvalue weighted by molar-refractivity contribution is 6.47. The lowest BCUT2D eigenvalue weighted by atomic mass is 9.98. The molecule has 0 fully saturated rings. The molecule has 0 saturated heterocycles. The summed E-state index contributed by atoms with van der Waals surface area (Å²) in [5, 5.41) is 4.35. The van der Waals surface area contributed by atoms with Crippen LogP contribution in [-0.2, 0) is 6.42 Å². The molecule has 1 aromatic heterocycles. The molecule has 0 aliphatic carbocycles. The Morgan fingerprint density at radius 2 is 0.643 bits per heavy atom. The molecule has 0 radical (unpaired) electrons. The van der Waals surface area contributed by atoms with Gasteiger partial charge in [0, 0.05) is 78.6 Å². The summed E-state index contributed by atoms with van der Waals surface area (Å²) in [6.07, 6.45) is 17.3. The summed E-state index contributed by atoms with van der Waals surface area (Å²) >= 11 is 68.9. The van der Waals surface area contributed by atoms with E-state index in [-0.39, 0.29) is 0 Å². The number of aromatic nitrogens is 1. The van der Waals surface area contributed by atoms with Crippen LogP contribution < -0.4 is 0 Å². The molecule has 0 spiro atoms. The van der Waals surface area contributed by atoms with Crippen LogP contribution in [0.4, 0.5) is 0 Å². The number of allylic oxidation sites excluding steroid dienone is 11. The number of hydrogen-bond acceptors (Lipinski definition) is 4. The molecule has 0 bridgehead atoms. The van der Waals surface area contributed by atoms with Gasteiger partial charge in [-0.25, -0.2) is 15.0 Å². The summed E-state index contributed by atoms with van der Waals surface area (Å²) in [6, 6.07) is 30.5. The number of nitrogens with zero attached hydrogens (tertiary/aromatic N) is 4. The van der Waals surface area contributed by atoms with Gasteiger partial charge in [-0.15, -0.1) is 0 Å². The summed E-state index contributed by atoms with van der Waals surface area (Å²) in [7, 11) is 0. The maximum absolute atomic E-state index is 7.06. The predicted molar refractivity (Wildman–Crippen MR) is 300 cm³/mol. The fourth-order valence-electron chi connectivity index (χ4n) is 8.44. The molecule has 70 heavy (non-hydrogen) atoms. The second-order valence-corrected chi connectivity index (χ2v) is 19.9. The molecule has 6 aromatic rings. The number of nitrogens with one attached hydrogen (secondary N) is 1. The van der Waals surface area contributed by atoms with Gasteiger partial charge in [-0.3, -0.25) is 4.99 Å². The Bertz CT molecular complexity index is 3510. The van der Waals surface area contributed by atoms with Crippen molar-refractivity contribution in [1.82, 2.24) is 4.98 Å². The second kappa shape index (κ2) is 20.5. The lowest BCUT2D eigenvalue weighted by Gasteiger charge is -2.15. The molecule has 0 unspecified atom stereocenters. The van der Waals surface area contributed by atoms with Gasteiger partial charge in [0.1, 0.15) is 0 Å². The molecule has 344 valence electrons. The Labute approximate surface area is 453 Å². The number of benzene rings is 5. The summed E-state index contributed by atoms with van der Waals surface area (Å²) in [6.45, 7) is 0. The van der Waals surface area contributed by atoms with E-state index in [9.17, 15) is 0 Å². The normalized spacial score (nSPS) is 17.9. The van der Waals surface area contributed by atoms with Gasteiger partial charge in [0.2, 0.25) is 0 Å². The van der Waals surface area contributed by atoms with Crippen LogP contribution >= 0.6 is 116 Å².